The molecule has 18 heavy (non-hydrogen) atoms. The normalized spacial score (nSPS) is 37.3. The predicted molar refractivity (Wildman–Crippen MR) is 80.9 cm³/mol. The molecule has 2 aliphatic rings. The summed E-state index contributed by atoms with van der Waals surface area (Å²) in [5.74, 6) is 0.670. The molecule has 0 saturated carbocycles. The molecular formula is C15H29NOSi. The maximum absolute atomic E-state index is 5.54. The van der Waals surface area contributed by atoms with Gasteiger partial charge in [0.2, 0.25) is 0 Å². The number of fused-ring (bicyclic) bond motifs is 1. The average molecular weight is 267 g/mol. The van der Waals surface area contributed by atoms with Gasteiger partial charge in [-0.05, 0) is 18.4 Å². The molecule has 1 fully saturated rings. The van der Waals surface area contributed by atoms with Crippen LogP contribution in [0.4, 0.5) is 0 Å². The third kappa shape index (κ3) is 2.26. The second kappa shape index (κ2) is 5.36. The molecule has 0 aromatic heterocycles. The lowest BCUT2D eigenvalue weighted by atomic mass is 9.95. The highest BCUT2D eigenvalue weighted by Gasteiger charge is 2.57. The Bertz CT molecular complexity index is 326. The van der Waals surface area contributed by atoms with Crippen molar-refractivity contribution in [1.82, 2.24) is 0 Å². The van der Waals surface area contributed by atoms with E-state index < -0.39 is 8.07 Å². The zero-order valence-electron chi connectivity index (χ0n) is 12.7. The van der Waals surface area contributed by atoms with E-state index in [0.29, 0.717) is 17.6 Å². The molecule has 0 amide bonds. The number of unbranched alkanes of at least 4 members (excludes halogenated alkanes) is 3. The van der Waals surface area contributed by atoms with Crippen LogP contribution in [0.3, 0.4) is 0 Å². The van der Waals surface area contributed by atoms with E-state index in [2.05, 4.69) is 39.0 Å². The largest absolute Gasteiger partial charge is 0.392 e. The van der Waals surface area contributed by atoms with E-state index in [4.69, 9.17) is 4.84 Å². The minimum Gasteiger partial charge on any atom is -0.392 e. The van der Waals surface area contributed by atoms with Crippen molar-refractivity contribution < 1.29 is 4.84 Å². The van der Waals surface area contributed by atoms with Crippen LogP contribution in [0.15, 0.2) is 5.16 Å². The van der Waals surface area contributed by atoms with Gasteiger partial charge in [-0.2, -0.15) is 0 Å². The highest BCUT2D eigenvalue weighted by Crippen LogP contribution is 2.55. The van der Waals surface area contributed by atoms with Gasteiger partial charge in [-0.25, -0.2) is 0 Å². The number of hydrogen-bond acceptors (Lipinski definition) is 2. The van der Waals surface area contributed by atoms with E-state index in [0.717, 1.165) is 5.54 Å². The van der Waals surface area contributed by atoms with Gasteiger partial charge in [-0.1, -0.05) is 64.2 Å². The van der Waals surface area contributed by atoms with Gasteiger partial charge in [-0.3, -0.25) is 0 Å². The zero-order valence-corrected chi connectivity index (χ0v) is 13.7. The van der Waals surface area contributed by atoms with E-state index in [1.807, 2.05) is 0 Å². The molecule has 4 atom stereocenters. The lowest BCUT2D eigenvalue weighted by Crippen LogP contribution is -2.38. The van der Waals surface area contributed by atoms with E-state index in [-0.39, 0.29) is 0 Å². The maximum atomic E-state index is 5.54. The summed E-state index contributed by atoms with van der Waals surface area (Å²) in [5, 5.41) is 4.40. The molecule has 2 rings (SSSR count). The number of hydrogen-bond donors (Lipinski definition) is 0. The molecular weight excluding hydrogens is 238 g/mol. The summed E-state index contributed by atoms with van der Waals surface area (Å²) in [5.41, 5.74) is 3.01. The standard InChI is InChI=1S/C15H29NOSi/c1-6-7-8-9-10-13-11(2)14-15(18(13,4)5)12(3)17-16-14/h11-13,15H,6-10H2,1-5H3/t11-,12+,13-,15+/m0/s1. The molecule has 0 aliphatic carbocycles. The molecule has 0 aromatic rings. The zero-order chi connectivity index (χ0) is 13.3. The Morgan fingerprint density at radius 3 is 2.50 bits per heavy atom. The van der Waals surface area contributed by atoms with Crippen LogP contribution in [0, 0.1) is 5.92 Å². The lowest BCUT2D eigenvalue weighted by Gasteiger charge is -2.32. The van der Waals surface area contributed by atoms with Gasteiger partial charge in [0, 0.05) is 5.54 Å². The van der Waals surface area contributed by atoms with Crippen LogP contribution >= 0.6 is 0 Å². The number of nitrogens with zero attached hydrogens (tertiary/aromatic N) is 1. The molecule has 2 nitrogen and oxygen atoms in total. The van der Waals surface area contributed by atoms with E-state index in [9.17, 15) is 0 Å². The predicted octanol–water partition coefficient (Wildman–Crippen LogP) is 4.83. The summed E-state index contributed by atoms with van der Waals surface area (Å²) in [7, 11) is -1.24. The van der Waals surface area contributed by atoms with Gasteiger partial charge in [0.15, 0.2) is 0 Å². The SMILES string of the molecule is CCCCCC[C@H]1[C@H](C)C2=NO[C@H](C)[C@H]2[Si]1(C)C. The quantitative estimate of drug-likeness (QED) is 0.516. The summed E-state index contributed by atoms with van der Waals surface area (Å²) in [4.78, 5) is 5.54. The van der Waals surface area contributed by atoms with Crippen LogP contribution in [-0.2, 0) is 4.84 Å². The maximum Gasteiger partial charge on any atom is 0.130 e. The molecule has 0 radical (unpaired) electrons. The average Bonchev–Trinajstić information content (AvgIpc) is 2.78. The van der Waals surface area contributed by atoms with Gasteiger partial charge in [-0.15, -0.1) is 0 Å². The van der Waals surface area contributed by atoms with Crippen molar-refractivity contribution in [3.63, 3.8) is 0 Å². The van der Waals surface area contributed by atoms with Crippen LogP contribution in [-0.4, -0.2) is 19.9 Å². The lowest BCUT2D eigenvalue weighted by molar-refractivity contribution is 0.0975. The molecule has 0 aromatic carbocycles. The topological polar surface area (TPSA) is 21.6 Å². The number of rotatable bonds is 5. The van der Waals surface area contributed by atoms with Crippen molar-refractivity contribution in [2.24, 2.45) is 11.1 Å². The van der Waals surface area contributed by atoms with Crippen molar-refractivity contribution in [1.29, 1.82) is 0 Å². The fraction of sp³-hybridized carbons (Fsp3) is 0.933. The van der Waals surface area contributed by atoms with Crippen molar-refractivity contribution in [2.75, 3.05) is 0 Å². The Kier molecular flexibility index (Phi) is 4.20. The monoisotopic (exact) mass is 267 g/mol. The first-order valence-electron chi connectivity index (χ1n) is 7.73. The molecule has 2 aliphatic heterocycles. The Labute approximate surface area is 113 Å². The Hall–Kier alpha value is -0.313. The summed E-state index contributed by atoms with van der Waals surface area (Å²) < 4.78 is 0. The van der Waals surface area contributed by atoms with Gasteiger partial charge in [0.25, 0.3) is 0 Å². The molecule has 0 spiro atoms. The summed E-state index contributed by atoms with van der Waals surface area (Å²) in [6, 6.07) is 0. The number of oxime groups is 1. The molecule has 0 N–H and O–H groups in total. The van der Waals surface area contributed by atoms with E-state index in [1.165, 1.54) is 37.8 Å². The minimum absolute atomic E-state index is 0.338. The van der Waals surface area contributed by atoms with Crippen LogP contribution in [0.25, 0.3) is 0 Å². The smallest absolute Gasteiger partial charge is 0.130 e. The van der Waals surface area contributed by atoms with Crippen LogP contribution in [0.5, 0.6) is 0 Å². The second-order valence-electron chi connectivity index (χ2n) is 6.87. The van der Waals surface area contributed by atoms with Gasteiger partial charge >= 0.3 is 0 Å². The minimum atomic E-state index is -1.24. The van der Waals surface area contributed by atoms with Crippen LogP contribution in [0.1, 0.15) is 52.9 Å². The fourth-order valence-electron chi connectivity index (χ4n) is 4.35. The Balaban J connectivity index is 2.02. The highest BCUT2D eigenvalue weighted by molar-refractivity contribution is 6.85. The molecule has 1 saturated heterocycles. The molecule has 2 heterocycles. The molecule has 104 valence electrons. The van der Waals surface area contributed by atoms with Gasteiger partial charge < -0.3 is 4.84 Å². The first-order valence-corrected chi connectivity index (χ1v) is 10.9. The Morgan fingerprint density at radius 1 is 1.17 bits per heavy atom. The first-order chi connectivity index (χ1) is 8.50. The summed E-state index contributed by atoms with van der Waals surface area (Å²) >= 11 is 0. The molecule has 0 bridgehead atoms. The summed E-state index contributed by atoms with van der Waals surface area (Å²) in [6.45, 7) is 12.0. The first kappa shape index (κ1) is 14.1. The molecule has 0 unspecified atom stereocenters. The fourth-order valence-corrected chi connectivity index (χ4v) is 9.57. The van der Waals surface area contributed by atoms with E-state index >= 15 is 0 Å². The second-order valence-corrected chi connectivity index (χ2v) is 11.9. The van der Waals surface area contributed by atoms with Crippen molar-refractivity contribution in [3.8, 4) is 0 Å². The summed E-state index contributed by atoms with van der Waals surface area (Å²) in [6.07, 6.45) is 7.31. The van der Waals surface area contributed by atoms with Gasteiger partial charge in [0.1, 0.15) is 6.10 Å². The molecule has 3 heteroatoms. The van der Waals surface area contributed by atoms with Gasteiger partial charge in [0.05, 0.1) is 13.8 Å². The highest BCUT2D eigenvalue weighted by atomic mass is 28.3. The van der Waals surface area contributed by atoms with E-state index in [1.54, 1.807) is 0 Å². The van der Waals surface area contributed by atoms with Crippen LogP contribution < -0.4 is 0 Å². The third-order valence-corrected chi connectivity index (χ3v) is 10.4. The van der Waals surface area contributed by atoms with Crippen molar-refractivity contribution in [2.45, 2.75) is 83.2 Å². The van der Waals surface area contributed by atoms with Crippen molar-refractivity contribution in [3.05, 3.63) is 0 Å². The van der Waals surface area contributed by atoms with Crippen molar-refractivity contribution >= 4 is 13.8 Å². The van der Waals surface area contributed by atoms with Crippen LogP contribution in [0.2, 0.25) is 24.2 Å². The third-order valence-electron chi connectivity index (χ3n) is 5.31. The Morgan fingerprint density at radius 2 is 1.89 bits per heavy atom.